The molecule has 0 saturated carbocycles. The molecular weight excluding hydrogens is 249 g/mol. The van der Waals surface area contributed by atoms with Crippen molar-refractivity contribution in [3.05, 3.63) is 23.4 Å². The van der Waals surface area contributed by atoms with E-state index in [2.05, 4.69) is 15.5 Å². The van der Waals surface area contributed by atoms with Crippen molar-refractivity contribution in [2.45, 2.75) is 6.10 Å². The molecule has 0 fully saturated rings. The summed E-state index contributed by atoms with van der Waals surface area (Å²) in [5, 5.41) is 20.5. The van der Waals surface area contributed by atoms with E-state index in [1.165, 1.54) is 0 Å². The van der Waals surface area contributed by atoms with Gasteiger partial charge in [0.25, 0.3) is 0 Å². The highest BCUT2D eigenvalue weighted by Crippen LogP contribution is 2.28. The number of aliphatic hydroxyl groups is 1. The Balaban J connectivity index is 2.26. The highest BCUT2D eigenvalue weighted by Gasteiger charge is 2.09. The van der Waals surface area contributed by atoms with Gasteiger partial charge in [-0.3, -0.25) is 5.10 Å². The van der Waals surface area contributed by atoms with E-state index in [0.29, 0.717) is 11.7 Å². The van der Waals surface area contributed by atoms with Gasteiger partial charge in [-0.15, -0.1) is 11.6 Å². The number of hydrogen-bond acceptors (Lipinski definition) is 3. The van der Waals surface area contributed by atoms with Gasteiger partial charge in [0.2, 0.25) is 0 Å². The summed E-state index contributed by atoms with van der Waals surface area (Å²) >= 11 is 11.5. The van der Waals surface area contributed by atoms with Crippen molar-refractivity contribution >= 4 is 39.8 Å². The van der Waals surface area contributed by atoms with Crippen LogP contribution in [0.5, 0.6) is 0 Å². The monoisotopic (exact) mass is 259 g/mol. The Morgan fingerprint density at radius 2 is 2.31 bits per heavy atom. The van der Waals surface area contributed by atoms with Crippen molar-refractivity contribution in [3.63, 3.8) is 0 Å². The Bertz CT molecular complexity index is 486. The first-order chi connectivity index (χ1) is 7.72. The van der Waals surface area contributed by atoms with Crippen LogP contribution in [-0.2, 0) is 0 Å². The molecule has 1 heterocycles. The molecule has 1 aromatic heterocycles. The molecule has 0 radical (unpaired) electrons. The first-order valence-electron chi connectivity index (χ1n) is 4.83. The van der Waals surface area contributed by atoms with Crippen LogP contribution in [0, 0.1) is 0 Å². The largest absolute Gasteiger partial charge is 0.390 e. The first kappa shape index (κ1) is 11.5. The van der Waals surface area contributed by atoms with E-state index < -0.39 is 6.10 Å². The van der Waals surface area contributed by atoms with E-state index in [1.807, 2.05) is 18.2 Å². The quantitative estimate of drug-likeness (QED) is 0.739. The minimum absolute atomic E-state index is 0.197. The maximum atomic E-state index is 9.36. The van der Waals surface area contributed by atoms with Crippen LogP contribution in [0.25, 0.3) is 10.9 Å². The summed E-state index contributed by atoms with van der Waals surface area (Å²) in [6, 6.07) is 5.61. The van der Waals surface area contributed by atoms with Crippen molar-refractivity contribution in [2.75, 3.05) is 17.7 Å². The van der Waals surface area contributed by atoms with Crippen LogP contribution < -0.4 is 5.32 Å². The highest BCUT2D eigenvalue weighted by molar-refractivity contribution is 6.35. The maximum absolute atomic E-state index is 9.36. The van der Waals surface area contributed by atoms with Gasteiger partial charge in [-0.1, -0.05) is 17.7 Å². The van der Waals surface area contributed by atoms with Crippen molar-refractivity contribution < 1.29 is 5.11 Å². The fourth-order valence-electron chi connectivity index (χ4n) is 1.46. The third-order valence-corrected chi connectivity index (χ3v) is 2.87. The number of fused-ring (bicyclic) bond motifs is 1. The van der Waals surface area contributed by atoms with Crippen molar-refractivity contribution in [3.8, 4) is 0 Å². The van der Waals surface area contributed by atoms with E-state index >= 15 is 0 Å². The zero-order chi connectivity index (χ0) is 11.5. The number of nitrogens with zero attached hydrogens (tertiary/aromatic N) is 1. The Labute approximate surface area is 103 Å². The predicted molar refractivity (Wildman–Crippen MR) is 66.3 cm³/mol. The Morgan fingerprint density at radius 1 is 1.50 bits per heavy atom. The average Bonchev–Trinajstić information content (AvgIpc) is 2.69. The smallest absolute Gasteiger partial charge is 0.134 e. The van der Waals surface area contributed by atoms with Crippen LogP contribution in [0.1, 0.15) is 0 Å². The average molecular weight is 260 g/mol. The lowest BCUT2D eigenvalue weighted by atomic mass is 10.2. The minimum Gasteiger partial charge on any atom is -0.390 e. The number of halogens is 2. The molecule has 0 aliphatic heterocycles. The Morgan fingerprint density at radius 3 is 3.06 bits per heavy atom. The third-order valence-electron chi connectivity index (χ3n) is 2.24. The first-order valence-corrected chi connectivity index (χ1v) is 5.74. The Kier molecular flexibility index (Phi) is 3.53. The predicted octanol–water partition coefficient (Wildman–Crippen LogP) is 2.23. The molecule has 3 N–H and O–H groups in total. The topological polar surface area (TPSA) is 60.9 Å². The van der Waals surface area contributed by atoms with Gasteiger partial charge in [0.05, 0.1) is 22.9 Å². The van der Waals surface area contributed by atoms with Crippen molar-refractivity contribution in [1.29, 1.82) is 0 Å². The molecule has 0 saturated heterocycles. The van der Waals surface area contributed by atoms with Crippen molar-refractivity contribution in [2.24, 2.45) is 0 Å². The molecule has 1 atom stereocenters. The van der Waals surface area contributed by atoms with E-state index in [9.17, 15) is 5.11 Å². The second-order valence-corrected chi connectivity index (χ2v) is 4.11. The minimum atomic E-state index is -0.581. The molecule has 2 aromatic rings. The van der Waals surface area contributed by atoms with Crippen LogP contribution in [-0.4, -0.2) is 33.8 Å². The molecule has 6 heteroatoms. The van der Waals surface area contributed by atoms with E-state index in [-0.39, 0.29) is 5.88 Å². The summed E-state index contributed by atoms with van der Waals surface area (Å²) in [4.78, 5) is 0. The standard InChI is InChI=1S/C10H11Cl2N3O/c11-4-6(16)5-13-7-2-1-3-8-9(7)10(12)15-14-8/h1-3,6,13,16H,4-5H2,(H,14,15). The van der Waals surface area contributed by atoms with Crippen molar-refractivity contribution in [1.82, 2.24) is 10.2 Å². The summed E-state index contributed by atoms with van der Waals surface area (Å²) in [5.74, 6) is 0.197. The van der Waals surface area contributed by atoms with Gasteiger partial charge in [-0.2, -0.15) is 5.10 Å². The number of aromatic nitrogens is 2. The van der Waals surface area contributed by atoms with Crippen LogP contribution in [0.3, 0.4) is 0 Å². The number of H-pyrrole nitrogens is 1. The molecule has 1 aromatic carbocycles. The van der Waals surface area contributed by atoms with Crippen LogP contribution in [0.4, 0.5) is 5.69 Å². The van der Waals surface area contributed by atoms with Gasteiger partial charge in [0.15, 0.2) is 0 Å². The van der Waals surface area contributed by atoms with E-state index in [0.717, 1.165) is 16.6 Å². The van der Waals surface area contributed by atoms with Gasteiger partial charge < -0.3 is 10.4 Å². The molecule has 0 amide bonds. The van der Waals surface area contributed by atoms with Crippen LogP contribution >= 0.6 is 23.2 Å². The fourth-order valence-corrected chi connectivity index (χ4v) is 1.81. The van der Waals surface area contributed by atoms with Gasteiger partial charge in [0, 0.05) is 12.2 Å². The summed E-state index contributed by atoms with van der Waals surface area (Å²) in [6.45, 7) is 0.379. The Hall–Kier alpha value is -0.970. The van der Waals surface area contributed by atoms with Gasteiger partial charge in [-0.05, 0) is 12.1 Å². The fraction of sp³-hybridized carbons (Fsp3) is 0.300. The summed E-state index contributed by atoms with van der Waals surface area (Å²) in [6.07, 6.45) is -0.581. The molecule has 1 unspecified atom stereocenters. The normalized spacial score (nSPS) is 12.9. The maximum Gasteiger partial charge on any atom is 0.134 e. The second kappa shape index (κ2) is 4.91. The molecule has 0 aliphatic rings. The lowest BCUT2D eigenvalue weighted by molar-refractivity contribution is 0.211. The van der Waals surface area contributed by atoms with E-state index in [4.69, 9.17) is 23.2 Å². The molecule has 2 rings (SSSR count). The number of anilines is 1. The molecule has 0 aliphatic carbocycles. The summed E-state index contributed by atoms with van der Waals surface area (Å²) in [5.41, 5.74) is 1.62. The zero-order valence-electron chi connectivity index (χ0n) is 8.37. The number of alkyl halides is 1. The molecule has 4 nitrogen and oxygen atoms in total. The molecule has 0 spiro atoms. The number of aromatic amines is 1. The van der Waals surface area contributed by atoms with Gasteiger partial charge in [0.1, 0.15) is 5.15 Å². The second-order valence-electron chi connectivity index (χ2n) is 3.43. The van der Waals surface area contributed by atoms with Crippen LogP contribution in [0.2, 0.25) is 5.15 Å². The lowest BCUT2D eigenvalue weighted by Gasteiger charge is -2.10. The zero-order valence-corrected chi connectivity index (χ0v) is 9.89. The molecule has 16 heavy (non-hydrogen) atoms. The van der Waals surface area contributed by atoms with Crippen LogP contribution in [0.15, 0.2) is 18.2 Å². The number of benzene rings is 1. The number of aliphatic hydroxyl groups excluding tert-OH is 1. The number of hydrogen-bond donors (Lipinski definition) is 3. The molecular formula is C10H11Cl2N3O. The highest BCUT2D eigenvalue weighted by atomic mass is 35.5. The number of nitrogens with one attached hydrogen (secondary N) is 2. The molecule has 86 valence electrons. The third kappa shape index (κ3) is 2.24. The number of rotatable bonds is 4. The SMILES string of the molecule is OC(CCl)CNc1cccc2n[nH]c(Cl)c12. The lowest BCUT2D eigenvalue weighted by Crippen LogP contribution is -2.20. The van der Waals surface area contributed by atoms with Gasteiger partial charge >= 0.3 is 0 Å². The van der Waals surface area contributed by atoms with Gasteiger partial charge in [-0.25, -0.2) is 0 Å². The summed E-state index contributed by atoms with van der Waals surface area (Å²) < 4.78 is 0. The summed E-state index contributed by atoms with van der Waals surface area (Å²) in [7, 11) is 0. The molecule has 0 bridgehead atoms. The van der Waals surface area contributed by atoms with E-state index in [1.54, 1.807) is 0 Å².